The average molecular weight is 348 g/mol. The van der Waals surface area contributed by atoms with Gasteiger partial charge in [0, 0.05) is 30.2 Å². The summed E-state index contributed by atoms with van der Waals surface area (Å²) in [5.41, 5.74) is 1.56. The lowest BCUT2D eigenvalue weighted by atomic mass is 10.2. The van der Waals surface area contributed by atoms with Crippen LogP contribution in [0, 0.1) is 5.82 Å². The van der Waals surface area contributed by atoms with Crippen molar-refractivity contribution in [1.29, 1.82) is 0 Å². The lowest BCUT2D eigenvalue weighted by Gasteiger charge is -2.07. The summed E-state index contributed by atoms with van der Waals surface area (Å²) in [6.07, 6.45) is 4.12. The Hall–Kier alpha value is -2.05. The second-order valence-electron chi connectivity index (χ2n) is 5.48. The van der Waals surface area contributed by atoms with E-state index in [2.05, 4.69) is 10.3 Å². The molecule has 1 amide bonds. The molecule has 0 aliphatic heterocycles. The zero-order chi connectivity index (χ0) is 17.4. The number of ether oxygens (including phenoxy) is 1. The van der Waals surface area contributed by atoms with Gasteiger partial charge in [-0.3, -0.25) is 4.79 Å². The highest BCUT2D eigenvalue weighted by Gasteiger charge is 2.04. The van der Waals surface area contributed by atoms with E-state index in [-0.39, 0.29) is 17.8 Å². The Bertz CT molecular complexity index is 681. The van der Waals surface area contributed by atoms with Crippen LogP contribution in [0.1, 0.15) is 26.0 Å². The van der Waals surface area contributed by atoms with Gasteiger partial charge in [-0.15, -0.1) is 11.3 Å². The van der Waals surface area contributed by atoms with Gasteiger partial charge in [-0.2, -0.15) is 0 Å². The number of aromatic nitrogens is 1. The van der Waals surface area contributed by atoms with Crippen LogP contribution in [0.15, 0.2) is 35.7 Å². The summed E-state index contributed by atoms with van der Waals surface area (Å²) >= 11 is 1.45. The van der Waals surface area contributed by atoms with Crippen LogP contribution < -0.4 is 5.32 Å². The van der Waals surface area contributed by atoms with Crippen molar-refractivity contribution >= 4 is 23.3 Å². The number of thiazole rings is 1. The van der Waals surface area contributed by atoms with Gasteiger partial charge in [0.1, 0.15) is 10.8 Å². The number of benzene rings is 1. The summed E-state index contributed by atoms with van der Waals surface area (Å²) in [7, 11) is 0. The maximum absolute atomic E-state index is 12.9. The van der Waals surface area contributed by atoms with Gasteiger partial charge in [-0.1, -0.05) is 0 Å². The Labute approximate surface area is 145 Å². The normalized spacial score (nSPS) is 11.3. The van der Waals surface area contributed by atoms with Gasteiger partial charge in [-0.25, -0.2) is 9.37 Å². The van der Waals surface area contributed by atoms with Crippen molar-refractivity contribution in [2.75, 3.05) is 13.2 Å². The van der Waals surface area contributed by atoms with E-state index >= 15 is 0 Å². The third-order valence-electron chi connectivity index (χ3n) is 3.09. The fourth-order valence-electron chi connectivity index (χ4n) is 1.91. The monoisotopic (exact) mass is 348 g/mol. The predicted octanol–water partition coefficient (Wildman–Crippen LogP) is 3.89. The summed E-state index contributed by atoms with van der Waals surface area (Å²) in [4.78, 5) is 16.1. The Morgan fingerprint density at radius 3 is 2.83 bits per heavy atom. The zero-order valence-electron chi connectivity index (χ0n) is 13.8. The fourth-order valence-corrected chi connectivity index (χ4v) is 2.70. The van der Waals surface area contributed by atoms with E-state index < -0.39 is 0 Å². The van der Waals surface area contributed by atoms with Crippen LogP contribution in [0.25, 0.3) is 16.6 Å². The molecule has 2 rings (SSSR count). The van der Waals surface area contributed by atoms with Crippen LogP contribution in [0.4, 0.5) is 4.39 Å². The first-order chi connectivity index (χ1) is 11.5. The molecule has 0 aliphatic carbocycles. The Balaban J connectivity index is 1.80. The molecule has 0 radical (unpaired) electrons. The summed E-state index contributed by atoms with van der Waals surface area (Å²) < 4.78 is 18.3. The second-order valence-corrected chi connectivity index (χ2v) is 6.34. The van der Waals surface area contributed by atoms with Gasteiger partial charge in [0.2, 0.25) is 5.91 Å². The van der Waals surface area contributed by atoms with E-state index in [1.807, 2.05) is 19.2 Å². The minimum atomic E-state index is -0.272. The van der Waals surface area contributed by atoms with Crippen LogP contribution >= 0.6 is 11.3 Å². The van der Waals surface area contributed by atoms with Crippen molar-refractivity contribution < 1.29 is 13.9 Å². The van der Waals surface area contributed by atoms with Gasteiger partial charge < -0.3 is 10.1 Å². The highest BCUT2D eigenvalue weighted by molar-refractivity contribution is 7.13. The Morgan fingerprint density at radius 2 is 2.12 bits per heavy atom. The van der Waals surface area contributed by atoms with Crippen molar-refractivity contribution in [1.82, 2.24) is 10.3 Å². The topological polar surface area (TPSA) is 51.2 Å². The maximum Gasteiger partial charge on any atom is 0.244 e. The summed E-state index contributed by atoms with van der Waals surface area (Å²) in [5, 5.41) is 5.45. The minimum absolute atomic E-state index is 0.157. The van der Waals surface area contributed by atoms with Crippen LogP contribution in [0.5, 0.6) is 0 Å². The first kappa shape index (κ1) is 18.3. The molecule has 0 unspecified atom stereocenters. The van der Waals surface area contributed by atoms with E-state index in [1.54, 1.807) is 18.2 Å². The molecule has 24 heavy (non-hydrogen) atoms. The number of amides is 1. The van der Waals surface area contributed by atoms with Crippen LogP contribution in [-0.2, 0) is 9.53 Å². The molecule has 1 N–H and O–H groups in total. The molecule has 128 valence electrons. The summed E-state index contributed by atoms with van der Waals surface area (Å²) in [5.74, 6) is -0.429. The quantitative estimate of drug-likeness (QED) is 0.581. The van der Waals surface area contributed by atoms with Gasteiger partial charge in [0.15, 0.2) is 0 Å². The molecule has 0 saturated carbocycles. The van der Waals surface area contributed by atoms with Gasteiger partial charge in [-0.05, 0) is 50.6 Å². The predicted molar refractivity (Wildman–Crippen MR) is 95.3 cm³/mol. The van der Waals surface area contributed by atoms with E-state index in [1.165, 1.54) is 29.5 Å². The molecule has 2 aromatic rings. The third-order valence-corrected chi connectivity index (χ3v) is 4.00. The van der Waals surface area contributed by atoms with Gasteiger partial charge in [0.05, 0.1) is 11.8 Å². The lowest BCUT2D eigenvalue weighted by Crippen LogP contribution is -2.23. The number of hydrogen-bond donors (Lipinski definition) is 1. The first-order valence-corrected chi connectivity index (χ1v) is 8.71. The summed E-state index contributed by atoms with van der Waals surface area (Å²) in [6, 6.07) is 6.19. The van der Waals surface area contributed by atoms with Crippen molar-refractivity contribution in [2.24, 2.45) is 0 Å². The average Bonchev–Trinajstić information content (AvgIpc) is 3.02. The number of carbonyl (C=O) groups is 1. The van der Waals surface area contributed by atoms with Crippen molar-refractivity contribution in [3.63, 3.8) is 0 Å². The standard InChI is InChI=1S/C18H21FN2O2S/c1-13(2)23-11-3-10-20-17(22)9-8-16-12-24-18(21-16)14-4-6-15(19)7-5-14/h4-9,12-13H,3,10-11H2,1-2H3,(H,20,22)/b9-8+. The molecule has 0 fully saturated rings. The van der Waals surface area contributed by atoms with Crippen molar-refractivity contribution in [3.8, 4) is 10.6 Å². The molecule has 1 aromatic carbocycles. The SMILES string of the molecule is CC(C)OCCCNC(=O)/C=C/c1csc(-c2ccc(F)cc2)n1. The molecule has 0 saturated heterocycles. The highest BCUT2D eigenvalue weighted by atomic mass is 32.1. The van der Waals surface area contributed by atoms with Gasteiger partial charge >= 0.3 is 0 Å². The minimum Gasteiger partial charge on any atom is -0.379 e. The number of nitrogens with zero attached hydrogens (tertiary/aromatic N) is 1. The molecular weight excluding hydrogens is 327 g/mol. The maximum atomic E-state index is 12.9. The molecule has 1 heterocycles. The summed E-state index contributed by atoms with van der Waals surface area (Å²) in [6.45, 7) is 5.17. The molecule has 1 aromatic heterocycles. The van der Waals surface area contributed by atoms with E-state index in [0.717, 1.165) is 17.0 Å². The van der Waals surface area contributed by atoms with Gasteiger partial charge in [0.25, 0.3) is 0 Å². The first-order valence-electron chi connectivity index (χ1n) is 7.83. The Morgan fingerprint density at radius 1 is 1.38 bits per heavy atom. The molecule has 0 bridgehead atoms. The van der Waals surface area contributed by atoms with Crippen LogP contribution in [0.2, 0.25) is 0 Å². The van der Waals surface area contributed by atoms with Crippen LogP contribution in [-0.4, -0.2) is 30.1 Å². The lowest BCUT2D eigenvalue weighted by molar-refractivity contribution is -0.116. The molecule has 4 nitrogen and oxygen atoms in total. The molecule has 0 aliphatic rings. The second kappa shape index (κ2) is 9.30. The largest absolute Gasteiger partial charge is 0.379 e. The molecular formula is C18H21FN2O2S. The third kappa shape index (κ3) is 6.22. The van der Waals surface area contributed by atoms with Crippen molar-refractivity contribution in [2.45, 2.75) is 26.4 Å². The van der Waals surface area contributed by atoms with E-state index in [9.17, 15) is 9.18 Å². The number of halogens is 1. The molecule has 0 atom stereocenters. The molecule has 6 heteroatoms. The molecule has 0 spiro atoms. The zero-order valence-corrected chi connectivity index (χ0v) is 14.6. The van der Waals surface area contributed by atoms with Crippen LogP contribution in [0.3, 0.4) is 0 Å². The number of carbonyl (C=O) groups excluding carboxylic acids is 1. The number of hydrogen-bond acceptors (Lipinski definition) is 4. The fraction of sp³-hybridized carbons (Fsp3) is 0.333. The van der Waals surface area contributed by atoms with Crippen molar-refractivity contribution in [3.05, 3.63) is 47.2 Å². The van der Waals surface area contributed by atoms with E-state index in [4.69, 9.17) is 4.74 Å². The van der Waals surface area contributed by atoms with E-state index in [0.29, 0.717) is 18.8 Å². The highest BCUT2D eigenvalue weighted by Crippen LogP contribution is 2.24. The number of rotatable bonds is 8. The Kier molecular flexibility index (Phi) is 7.08. The number of nitrogens with one attached hydrogen (secondary N) is 1. The smallest absolute Gasteiger partial charge is 0.244 e.